The highest BCUT2D eigenvalue weighted by Crippen LogP contribution is 2.19. The highest BCUT2D eigenvalue weighted by atomic mass is 15.1. The van der Waals surface area contributed by atoms with Crippen LogP contribution in [0.5, 0.6) is 0 Å². The molecule has 1 N–H and O–H groups in total. The summed E-state index contributed by atoms with van der Waals surface area (Å²) >= 11 is 0. The normalized spacial score (nSPS) is 12.3. The third kappa shape index (κ3) is 1.06. The lowest BCUT2D eigenvalue weighted by Gasteiger charge is -2.02. The van der Waals surface area contributed by atoms with E-state index in [0.29, 0.717) is 5.92 Å². The van der Waals surface area contributed by atoms with Gasteiger partial charge in [-0.1, -0.05) is 13.8 Å². The molecule has 0 saturated heterocycles. The van der Waals surface area contributed by atoms with Gasteiger partial charge in [0.2, 0.25) is 0 Å². The Morgan fingerprint density at radius 2 is 2.10 bits per heavy atom. The van der Waals surface area contributed by atoms with Gasteiger partial charge in [0.05, 0.1) is 5.69 Å². The van der Waals surface area contributed by atoms with Crippen LogP contribution in [0, 0.1) is 13.8 Å². The summed E-state index contributed by atoms with van der Waals surface area (Å²) in [6.07, 6.45) is 0. The zero-order chi connectivity index (χ0) is 8.59. The molecule has 0 spiro atoms. The Hall–Kier alpha value is -0.790. The van der Waals surface area contributed by atoms with E-state index in [0.717, 1.165) is 11.4 Å². The van der Waals surface area contributed by atoms with Crippen LogP contribution in [-0.4, -0.2) is 10.2 Å². The summed E-state index contributed by atoms with van der Waals surface area (Å²) in [5, 5.41) is 5.21. The number of nitrogens with zero attached hydrogens (tertiary/aromatic N) is 1. The maximum atomic E-state index is 7.38. The molecule has 0 aromatic carbocycles. The number of hydrogen-bond acceptors (Lipinski definition) is 1. The molecular formula is C8H14N2. The van der Waals surface area contributed by atoms with E-state index in [1.54, 1.807) is 0 Å². The molecule has 1 aromatic rings. The number of hydrogen-bond donors (Lipinski definition) is 1. The minimum Gasteiger partial charge on any atom is -0.282 e. The van der Waals surface area contributed by atoms with Crippen molar-refractivity contribution >= 4 is 0 Å². The molecule has 0 saturated carbocycles. The predicted molar refractivity (Wildman–Crippen MR) is 42.2 cm³/mol. The van der Waals surface area contributed by atoms with E-state index >= 15 is 0 Å². The molecule has 1 aromatic heterocycles. The maximum absolute atomic E-state index is 7.38. The van der Waals surface area contributed by atoms with Crippen molar-refractivity contribution in [2.45, 2.75) is 33.6 Å². The van der Waals surface area contributed by atoms with Crippen molar-refractivity contribution in [1.29, 1.82) is 0 Å². The van der Waals surface area contributed by atoms with Crippen LogP contribution in [-0.2, 0) is 0 Å². The van der Waals surface area contributed by atoms with Gasteiger partial charge in [-0.05, 0) is 25.3 Å². The molecule has 0 radical (unpaired) electrons. The number of aromatic nitrogens is 2. The molecule has 0 amide bonds. The summed E-state index contributed by atoms with van der Waals surface area (Å²) in [4.78, 5) is 0. The first-order valence-electron chi connectivity index (χ1n) is 4.04. The summed E-state index contributed by atoms with van der Waals surface area (Å²) in [7, 11) is 0. The molecule has 0 unspecified atom stereocenters. The molecule has 56 valence electrons. The molecule has 0 aliphatic carbocycles. The van der Waals surface area contributed by atoms with Crippen molar-refractivity contribution in [2.75, 3.05) is 0 Å². The summed E-state index contributed by atoms with van der Waals surface area (Å²) in [6, 6.07) is 0. The predicted octanol–water partition coefficient (Wildman–Crippen LogP) is 2.15. The summed E-state index contributed by atoms with van der Waals surface area (Å²) in [5.41, 5.74) is 3.14. The van der Waals surface area contributed by atoms with Crippen LogP contribution < -0.4 is 0 Å². The van der Waals surface area contributed by atoms with Gasteiger partial charge in [0.25, 0.3) is 0 Å². The van der Waals surface area contributed by atoms with Crippen molar-refractivity contribution in [1.82, 2.24) is 10.2 Å². The first-order valence-corrected chi connectivity index (χ1v) is 3.59. The summed E-state index contributed by atoms with van der Waals surface area (Å²) < 4.78 is 7.38. The smallest absolute Gasteiger partial charge is 0.190 e. The van der Waals surface area contributed by atoms with Crippen LogP contribution >= 0.6 is 0 Å². The van der Waals surface area contributed by atoms with Gasteiger partial charge in [0, 0.05) is 5.69 Å². The minimum atomic E-state index is 0.467. The first-order chi connectivity index (χ1) is 5.04. The van der Waals surface area contributed by atoms with E-state index in [2.05, 4.69) is 18.9 Å². The molecule has 0 atom stereocenters. The Balaban J connectivity index is 3.22. The van der Waals surface area contributed by atoms with Crippen molar-refractivity contribution in [3.63, 3.8) is 0 Å². The van der Waals surface area contributed by atoms with Crippen molar-refractivity contribution in [2.24, 2.45) is 0 Å². The highest BCUT2D eigenvalue weighted by Gasteiger charge is 2.08. The van der Waals surface area contributed by atoms with Gasteiger partial charge in [-0.15, -0.1) is 0 Å². The molecule has 0 aliphatic rings. The second kappa shape index (κ2) is 2.45. The van der Waals surface area contributed by atoms with Crippen LogP contribution in [0.15, 0.2) is 0 Å². The number of H-pyrrole nitrogens is 1. The zero-order valence-corrected chi connectivity index (χ0v) is 6.97. The Labute approximate surface area is 63.1 Å². The van der Waals surface area contributed by atoms with Crippen LogP contribution in [0.1, 0.15) is 36.7 Å². The Morgan fingerprint density at radius 1 is 1.50 bits per heavy atom. The molecule has 2 heteroatoms. The third-order valence-electron chi connectivity index (χ3n) is 1.71. The lowest BCUT2D eigenvalue weighted by molar-refractivity contribution is 0.848. The molecule has 10 heavy (non-hydrogen) atoms. The Kier molecular flexibility index (Phi) is 1.46. The van der Waals surface area contributed by atoms with Gasteiger partial charge in [0.15, 0.2) is 1.41 Å². The molecule has 0 fully saturated rings. The van der Waals surface area contributed by atoms with Crippen molar-refractivity contribution < 1.29 is 1.41 Å². The van der Waals surface area contributed by atoms with Gasteiger partial charge >= 0.3 is 0 Å². The number of aromatic amines is 1. The van der Waals surface area contributed by atoms with Crippen LogP contribution in [0.3, 0.4) is 0 Å². The fourth-order valence-corrected chi connectivity index (χ4v) is 1.36. The van der Waals surface area contributed by atoms with Gasteiger partial charge in [-0.25, -0.2) is 0 Å². The van der Waals surface area contributed by atoms with E-state index < -0.39 is 0 Å². The topological polar surface area (TPSA) is 28.7 Å². The number of aryl methyl sites for hydroxylation is 1. The number of nitrogens with one attached hydrogen (secondary N) is 1. The van der Waals surface area contributed by atoms with Gasteiger partial charge < -0.3 is 0 Å². The van der Waals surface area contributed by atoms with E-state index in [4.69, 9.17) is 1.41 Å². The maximum Gasteiger partial charge on any atom is 0.190 e. The average molecular weight is 139 g/mol. The van der Waals surface area contributed by atoms with Crippen molar-refractivity contribution in [3.05, 3.63) is 17.0 Å². The number of rotatable bonds is 1. The van der Waals surface area contributed by atoms with E-state index in [1.807, 2.05) is 13.8 Å². The monoisotopic (exact) mass is 139 g/mol. The minimum absolute atomic E-state index is 0.467. The second-order valence-electron chi connectivity index (χ2n) is 2.94. The molecule has 0 bridgehead atoms. The fourth-order valence-electron chi connectivity index (χ4n) is 1.36. The molecule has 0 aliphatic heterocycles. The molecule has 1 rings (SSSR count). The van der Waals surface area contributed by atoms with E-state index in [-0.39, 0.29) is 0 Å². The van der Waals surface area contributed by atoms with E-state index in [1.165, 1.54) is 10.7 Å². The zero-order valence-electron chi connectivity index (χ0n) is 7.97. The molecular weight excluding hydrogens is 124 g/mol. The highest BCUT2D eigenvalue weighted by molar-refractivity contribution is 5.26. The van der Waals surface area contributed by atoms with Crippen LogP contribution in [0.2, 0.25) is 1.41 Å². The molecule has 1 heterocycles. The lowest BCUT2D eigenvalue weighted by atomic mass is 10.0. The Morgan fingerprint density at radius 3 is 2.30 bits per heavy atom. The SMILES string of the molecule is [2H]n1nc(C)c(C(C)C)c1C. The van der Waals surface area contributed by atoms with Gasteiger partial charge in [-0.3, -0.25) is 5.09 Å². The summed E-state index contributed by atoms with van der Waals surface area (Å²) in [5.74, 6) is 0.467. The molecule has 2 nitrogen and oxygen atoms in total. The average Bonchev–Trinajstić information content (AvgIpc) is 2.07. The summed E-state index contributed by atoms with van der Waals surface area (Å²) in [6.45, 7) is 8.13. The van der Waals surface area contributed by atoms with Crippen LogP contribution in [0.4, 0.5) is 0 Å². The first kappa shape index (κ1) is 5.96. The quantitative estimate of drug-likeness (QED) is 0.634. The van der Waals surface area contributed by atoms with Crippen molar-refractivity contribution in [3.8, 4) is 0 Å². The fraction of sp³-hybridized carbons (Fsp3) is 0.625. The van der Waals surface area contributed by atoms with Gasteiger partial charge in [0.1, 0.15) is 0 Å². The van der Waals surface area contributed by atoms with E-state index in [9.17, 15) is 0 Å². The largest absolute Gasteiger partial charge is 0.282 e. The standard InChI is InChI=1S/C8H14N2/c1-5(2)8-6(3)9-10-7(8)4/h5H,1-4H3,(H,9,10)/i/hD. The van der Waals surface area contributed by atoms with Crippen LogP contribution in [0.25, 0.3) is 0 Å². The third-order valence-corrected chi connectivity index (χ3v) is 1.71. The van der Waals surface area contributed by atoms with Gasteiger partial charge in [-0.2, -0.15) is 5.10 Å². The lowest BCUT2D eigenvalue weighted by Crippen LogP contribution is -1.90. The Bertz CT molecular complexity index is 263. The second-order valence-corrected chi connectivity index (χ2v) is 2.94.